The van der Waals surface area contributed by atoms with E-state index in [1.165, 1.54) is 7.11 Å². The summed E-state index contributed by atoms with van der Waals surface area (Å²) in [6.45, 7) is 3.92. The van der Waals surface area contributed by atoms with Crippen LogP contribution in [0.15, 0.2) is 18.2 Å². The van der Waals surface area contributed by atoms with Crippen molar-refractivity contribution in [3.63, 3.8) is 0 Å². The lowest BCUT2D eigenvalue weighted by Gasteiger charge is -2.17. The smallest absolute Gasteiger partial charge is 0.169 e. The molecule has 1 aromatic carbocycles. The number of methoxy groups -OCH3 is 1. The van der Waals surface area contributed by atoms with E-state index in [4.69, 9.17) is 10.5 Å². The van der Waals surface area contributed by atoms with Crippen molar-refractivity contribution in [1.29, 1.82) is 0 Å². The van der Waals surface area contributed by atoms with E-state index in [9.17, 15) is 4.39 Å². The van der Waals surface area contributed by atoms with Gasteiger partial charge in [0.25, 0.3) is 0 Å². The molecule has 0 aliphatic heterocycles. The van der Waals surface area contributed by atoms with Crippen LogP contribution in [0.25, 0.3) is 0 Å². The van der Waals surface area contributed by atoms with Crippen LogP contribution in [0, 0.1) is 11.7 Å². The first-order valence-corrected chi connectivity index (χ1v) is 4.66. The highest BCUT2D eigenvalue weighted by atomic mass is 35.5. The Morgan fingerprint density at radius 3 is 2.40 bits per heavy atom. The van der Waals surface area contributed by atoms with Gasteiger partial charge in [-0.05, 0) is 12.0 Å². The van der Waals surface area contributed by atoms with Gasteiger partial charge >= 0.3 is 0 Å². The summed E-state index contributed by atoms with van der Waals surface area (Å²) in [6.07, 6.45) is 0. The Kier molecular flexibility index (Phi) is 5.61. The molecule has 0 aliphatic rings. The minimum absolute atomic E-state index is 0. The van der Waals surface area contributed by atoms with Crippen molar-refractivity contribution in [3.8, 4) is 5.75 Å². The van der Waals surface area contributed by atoms with Crippen LogP contribution in [0.2, 0.25) is 0 Å². The highest BCUT2D eigenvalue weighted by molar-refractivity contribution is 5.85. The zero-order valence-corrected chi connectivity index (χ0v) is 9.98. The van der Waals surface area contributed by atoms with Crippen LogP contribution < -0.4 is 10.5 Å². The number of benzene rings is 1. The van der Waals surface area contributed by atoms with Crippen LogP contribution in [-0.2, 0) is 0 Å². The summed E-state index contributed by atoms with van der Waals surface area (Å²) in [7, 11) is 1.45. The molecule has 1 unspecified atom stereocenters. The summed E-state index contributed by atoms with van der Waals surface area (Å²) in [4.78, 5) is 0. The fraction of sp³-hybridized carbons (Fsp3) is 0.455. The Labute approximate surface area is 96.0 Å². The molecule has 1 aromatic rings. The highest BCUT2D eigenvalue weighted by Gasteiger charge is 2.17. The van der Waals surface area contributed by atoms with Gasteiger partial charge in [-0.3, -0.25) is 0 Å². The molecule has 0 spiro atoms. The molecule has 0 saturated carbocycles. The molecule has 15 heavy (non-hydrogen) atoms. The van der Waals surface area contributed by atoms with Crippen molar-refractivity contribution in [2.24, 2.45) is 11.7 Å². The van der Waals surface area contributed by atoms with Crippen LogP contribution >= 0.6 is 12.4 Å². The average molecular weight is 234 g/mol. The topological polar surface area (TPSA) is 35.2 Å². The maximum absolute atomic E-state index is 13.7. The third-order valence-electron chi connectivity index (χ3n) is 2.29. The number of rotatable bonds is 3. The molecule has 0 amide bonds. The molecule has 86 valence electrons. The average Bonchev–Trinajstić information content (AvgIpc) is 2.17. The third-order valence-corrected chi connectivity index (χ3v) is 2.29. The zero-order valence-electron chi connectivity index (χ0n) is 9.16. The Bertz CT molecular complexity index is 317. The van der Waals surface area contributed by atoms with Gasteiger partial charge in [0.15, 0.2) is 11.6 Å². The summed E-state index contributed by atoms with van der Waals surface area (Å²) in [5, 5.41) is 0. The van der Waals surface area contributed by atoms with E-state index in [-0.39, 0.29) is 35.9 Å². The van der Waals surface area contributed by atoms with E-state index in [0.717, 1.165) is 0 Å². The predicted octanol–water partition coefficient (Wildman–Crippen LogP) is 2.91. The van der Waals surface area contributed by atoms with Gasteiger partial charge in [-0.25, -0.2) is 4.39 Å². The highest BCUT2D eigenvalue weighted by Crippen LogP contribution is 2.27. The van der Waals surface area contributed by atoms with Crippen molar-refractivity contribution in [2.75, 3.05) is 7.11 Å². The summed E-state index contributed by atoms with van der Waals surface area (Å²) in [6, 6.07) is 4.75. The van der Waals surface area contributed by atoms with Gasteiger partial charge < -0.3 is 10.5 Å². The molecule has 0 fully saturated rings. The molecule has 2 nitrogen and oxygen atoms in total. The summed E-state index contributed by atoms with van der Waals surface area (Å²) >= 11 is 0. The normalized spacial score (nSPS) is 12.1. The zero-order chi connectivity index (χ0) is 10.7. The van der Waals surface area contributed by atoms with Gasteiger partial charge in [-0.15, -0.1) is 12.4 Å². The predicted molar refractivity (Wildman–Crippen MR) is 62.0 cm³/mol. The molecular weight excluding hydrogens is 217 g/mol. The van der Waals surface area contributed by atoms with Gasteiger partial charge in [0.1, 0.15) is 0 Å². The fourth-order valence-electron chi connectivity index (χ4n) is 1.30. The second kappa shape index (κ2) is 5.93. The van der Waals surface area contributed by atoms with Crippen molar-refractivity contribution in [1.82, 2.24) is 0 Å². The summed E-state index contributed by atoms with van der Waals surface area (Å²) < 4.78 is 18.6. The van der Waals surface area contributed by atoms with Crippen LogP contribution in [0.1, 0.15) is 25.5 Å². The van der Waals surface area contributed by atoms with Crippen LogP contribution in [0.5, 0.6) is 5.75 Å². The summed E-state index contributed by atoms with van der Waals surface area (Å²) in [5.74, 6) is 0.103. The number of halogens is 2. The maximum atomic E-state index is 13.7. The van der Waals surface area contributed by atoms with Crippen LogP contribution in [0.4, 0.5) is 4.39 Å². The number of ether oxygens (including phenoxy) is 1. The van der Waals surface area contributed by atoms with Gasteiger partial charge in [0.2, 0.25) is 0 Å². The van der Waals surface area contributed by atoms with Crippen LogP contribution in [-0.4, -0.2) is 7.11 Å². The molecule has 0 aromatic heterocycles. The number of hydrogen-bond acceptors (Lipinski definition) is 2. The second-order valence-corrected chi connectivity index (χ2v) is 3.63. The van der Waals surface area contributed by atoms with Gasteiger partial charge in [0, 0.05) is 11.6 Å². The van der Waals surface area contributed by atoms with E-state index in [2.05, 4.69) is 0 Å². The molecular formula is C11H17ClFNO. The second-order valence-electron chi connectivity index (χ2n) is 3.63. The van der Waals surface area contributed by atoms with E-state index in [0.29, 0.717) is 5.56 Å². The van der Waals surface area contributed by atoms with Crippen molar-refractivity contribution >= 4 is 12.4 Å². The standard InChI is InChI=1S/C11H16FNO.ClH/c1-7(2)11(13)8-5-4-6-9(14-3)10(8)12;/h4-7,11H,13H2,1-3H3;1H. The van der Waals surface area contributed by atoms with E-state index >= 15 is 0 Å². The lowest BCUT2D eigenvalue weighted by atomic mass is 9.96. The Morgan fingerprint density at radius 1 is 1.33 bits per heavy atom. The van der Waals surface area contributed by atoms with Crippen molar-refractivity contribution in [2.45, 2.75) is 19.9 Å². The first kappa shape index (κ1) is 14.2. The Morgan fingerprint density at radius 2 is 1.93 bits per heavy atom. The summed E-state index contributed by atoms with van der Waals surface area (Å²) in [5.41, 5.74) is 6.38. The van der Waals surface area contributed by atoms with Crippen LogP contribution in [0.3, 0.4) is 0 Å². The monoisotopic (exact) mass is 233 g/mol. The van der Waals surface area contributed by atoms with Gasteiger partial charge in [-0.1, -0.05) is 26.0 Å². The van der Waals surface area contributed by atoms with Crippen molar-refractivity contribution in [3.05, 3.63) is 29.6 Å². The lowest BCUT2D eigenvalue weighted by molar-refractivity contribution is 0.378. The molecule has 1 rings (SSSR count). The van der Waals surface area contributed by atoms with E-state index in [1.807, 2.05) is 13.8 Å². The minimum Gasteiger partial charge on any atom is -0.494 e. The lowest BCUT2D eigenvalue weighted by Crippen LogP contribution is -2.18. The molecule has 0 saturated heterocycles. The van der Waals surface area contributed by atoms with Gasteiger partial charge in [0.05, 0.1) is 7.11 Å². The number of nitrogens with two attached hydrogens (primary N) is 1. The number of hydrogen-bond donors (Lipinski definition) is 1. The first-order chi connectivity index (χ1) is 6.57. The Hall–Kier alpha value is -0.800. The molecule has 0 heterocycles. The molecule has 0 bridgehead atoms. The molecule has 1 atom stereocenters. The molecule has 4 heteroatoms. The maximum Gasteiger partial charge on any atom is 0.169 e. The van der Waals surface area contributed by atoms with Gasteiger partial charge in [-0.2, -0.15) is 0 Å². The molecule has 0 aliphatic carbocycles. The third kappa shape index (κ3) is 3.08. The fourth-order valence-corrected chi connectivity index (χ4v) is 1.30. The van der Waals surface area contributed by atoms with E-state index in [1.54, 1.807) is 18.2 Å². The largest absolute Gasteiger partial charge is 0.494 e. The van der Waals surface area contributed by atoms with E-state index < -0.39 is 0 Å². The Balaban J connectivity index is 0.00000196. The molecule has 2 N–H and O–H groups in total. The quantitative estimate of drug-likeness (QED) is 0.871. The minimum atomic E-state index is -0.351. The first-order valence-electron chi connectivity index (χ1n) is 4.66. The van der Waals surface area contributed by atoms with Crippen molar-refractivity contribution < 1.29 is 9.13 Å². The SMILES string of the molecule is COc1cccc(C(N)C(C)C)c1F.Cl. The molecule has 0 radical (unpaired) electrons.